The Morgan fingerprint density at radius 2 is 2.07 bits per heavy atom. The molecular formula is C11H12BO2. The lowest BCUT2D eigenvalue weighted by Crippen LogP contribution is -2.03. The molecule has 0 atom stereocenters. The zero-order valence-electron chi connectivity index (χ0n) is 7.94. The Labute approximate surface area is 84.5 Å². The van der Waals surface area contributed by atoms with Crippen molar-refractivity contribution in [2.75, 3.05) is 0 Å². The quantitative estimate of drug-likeness (QED) is 0.716. The molecule has 3 heteroatoms. The molecule has 2 nitrogen and oxygen atoms in total. The molecule has 1 N–H and O–H groups in total. The van der Waals surface area contributed by atoms with Crippen LogP contribution in [0.4, 0.5) is 0 Å². The van der Waals surface area contributed by atoms with E-state index in [-0.39, 0.29) is 6.32 Å². The van der Waals surface area contributed by atoms with Crippen molar-refractivity contribution in [1.82, 2.24) is 0 Å². The van der Waals surface area contributed by atoms with Gasteiger partial charge in [-0.3, -0.25) is 4.79 Å². The number of rotatable bonds is 5. The smallest absolute Gasteiger partial charge is 0.295 e. The van der Waals surface area contributed by atoms with Gasteiger partial charge in [0, 0.05) is 6.32 Å². The first-order valence-corrected chi connectivity index (χ1v) is 4.47. The van der Waals surface area contributed by atoms with Crippen LogP contribution in [0.3, 0.4) is 0 Å². The van der Waals surface area contributed by atoms with Crippen molar-refractivity contribution < 1.29 is 9.90 Å². The van der Waals surface area contributed by atoms with Gasteiger partial charge in [0.15, 0.2) is 0 Å². The Kier molecular flexibility index (Phi) is 3.98. The summed E-state index contributed by atoms with van der Waals surface area (Å²) in [5.74, 6) is -0.785. The van der Waals surface area contributed by atoms with Crippen LogP contribution >= 0.6 is 0 Å². The van der Waals surface area contributed by atoms with E-state index < -0.39 is 5.97 Å². The lowest BCUT2D eigenvalue weighted by Gasteiger charge is -1.99. The van der Waals surface area contributed by atoms with Gasteiger partial charge < -0.3 is 5.11 Å². The monoisotopic (exact) mass is 187 g/mol. The van der Waals surface area contributed by atoms with E-state index in [2.05, 4.69) is 6.58 Å². The molecule has 0 spiro atoms. The highest BCUT2D eigenvalue weighted by Gasteiger charge is 1.99. The van der Waals surface area contributed by atoms with Gasteiger partial charge >= 0.3 is 0 Å². The molecule has 0 aliphatic carbocycles. The minimum absolute atomic E-state index is 0.114. The third-order valence-corrected chi connectivity index (χ3v) is 1.91. The van der Waals surface area contributed by atoms with E-state index >= 15 is 0 Å². The maximum absolute atomic E-state index is 10.2. The lowest BCUT2D eigenvalue weighted by atomic mass is 9.69. The highest BCUT2D eigenvalue weighted by Crippen LogP contribution is 2.05. The normalized spacial score (nSPS) is 9.43. The number of benzene rings is 1. The molecule has 0 amide bonds. The van der Waals surface area contributed by atoms with Crippen LogP contribution in [0.15, 0.2) is 30.8 Å². The fourth-order valence-corrected chi connectivity index (χ4v) is 1.15. The molecule has 0 fully saturated rings. The summed E-state index contributed by atoms with van der Waals surface area (Å²) in [6.07, 6.45) is 2.59. The molecule has 1 aromatic rings. The van der Waals surface area contributed by atoms with E-state index in [0.29, 0.717) is 6.32 Å². The highest BCUT2D eigenvalue weighted by molar-refractivity contribution is 6.40. The number of aliphatic carboxylic acids is 1. The van der Waals surface area contributed by atoms with Crippen molar-refractivity contribution in [2.45, 2.75) is 12.6 Å². The summed E-state index contributed by atoms with van der Waals surface area (Å²) in [4.78, 5) is 10.2. The van der Waals surface area contributed by atoms with Gasteiger partial charge in [0.1, 0.15) is 7.28 Å². The number of hydrogen-bond donors (Lipinski definition) is 1. The van der Waals surface area contributed by atoms with Gasteiger partial charge in [-0.05, 0) is 5.56 Å². The van der Waals surface area contributed by atoms with Crippen molar-refractivity contribution in [3.8, 4) is 0 Å². The first kappa shape index (κ1) is 10.6. The molecule has 1 rings (SSSR count). The highest BCUT2D eigenvalue weighted by atomic mass is 16.4. The maximum atomic E-state index is 10.2. The predicted octanol–water partition coefficient (Wildman–Crippen LogP) is 2.04. The van der Waals surface area contributed by atoms with Gasteiger partial charge in [-0.15, -0.1) is 0 Å². The lowest BCUT2D eigenvalue weighted by molar-refractivity contribution is -0.134. The molecule has 0 bridgehead atoms. The van der Waals surface area contributed by atoms with Gasteiger partial charge in [0.25, 0.3) is 5.97 Å². The molecule has 1 radical (unpaired) electrons. The Balaban J connectivity index is 2.43. The second kappa shape index (κ2) is 5.27. The van der Waals surface area contributed by atoms with Gasteiger partial charge in [-0.25, -0.2) is 0 Å². The van der Waals surface area contributed by atoms with Crippen molar-refractivity contribution in [3.63, 3.8) is 0 Å². The number of carboxylic acid groups (broad SMARTS) is 1. The molecule has 1 aromatic carbocycles. The zero-order chi connectivity index (χ0) is 10.4. The molecule has 0 heterocycles. The third-order valence-electron chi connectivity index (χ3n) is 1.91. The van der Waals surface area contributed by atoms with E-state index in [4.69, 9.17) is 5.11 Å². The average Bonchev–Trinajstić information content (AvgIpc) is 2.18. The third kappa shape index (κ3) is 3.48. The van der Waals surface area contributed by atoms with E-state index in [9.17, 15) is 4.79 Å². The van der Waals surface area contributed by atoms with E-state index in [1.807, 2.05) is 24.3 Å². The van der Waals surface area contributed by atoms with Crippen molar-refractivity contribution in [2.24, 2.45) is 0 Å². The molecule has 0 aromatic heterocycles. The zero-order valence-corrected chi connectivity index (χ0v) is 7.94. The fraction of sp³-hybridized carbons (Fsp3) is 0.182. The van der Waals surface area contributed by atoms with Gasteiger partial charge in [-0.1, -0.05) is 48.8 Å². The fourth-order valence-electron chi connectivity index (χ4n) is 1.15. The largest absolute Gasteiger partial charge is 0.482 e. The average molecular weight is 187 g/mol. The Morgan fingerprint density at radius 3 is 2.57 bits per heavy atom. The topological polar surface area (TPSA) is 37.3 Å². The molecule has 0 saturated carbocycles. The molecule has 0 unspecified atom stereocenters. The standard InChI is InChI=1S/C11H12BO2/c1-2-9-3-5-10(6-4-9)7-12-8-11(13)14/h2-6H,1,7-8H2,(H,13,14). The van der Waals surface area contributed by atoms with Crippen molar-refractivity contribution in [1.29, 1.82) is 0 Å². The summed E-state index contributed by atoms with van der Waals surface area (Å²) in [6.45, 7) is 3.66. The van der Waals surface area contributed by atoms with Gasteiger partial charge in [-0.2, -0.15) is 0 Å². The van der Waals surface area contributed by atoms with Crippen molar-refractivity contribution in [3.05, 3.63) is 42.0 Å². The maximum Gasteiger partial charge on any atom is 0.295 e. The van der Waals surface area contributed by atoms with E-state index in [0.717, 1.165) is 11.1 Å². The number of carbonyl (C=O) groups is 1. The Hall–Kier alpha value is -1.51. The van der Waals surface area contributed by atoms with E-state index in [1.165, 1.54) is 0 Å². The SMILES string of the molecule is C=Cc1ccc(C[B]CC(=O)O)cc1. The van der Waals surface area contributed by atoms with Crippen LogP contribution in [0.2, 0.25) is 6.32 Å². The summed E-state index contributed by atoms with van der Waals surface area (Å²) in [5.41, 5.74) is 2.20. The summed E-state index contributed by atoms with van der Waals surface area (Å²) in [7, 11) is 1.76. The summed E-state index contributed by atoms with van der Waals surface area (Å²) >= 11 is 0. The molecule has 71 valence electrons. The van der Waals surface area contributed by atoms with Crippen molar-refractivity contribution >= 4 is 19.3 Å². The molecular weight excluding hydrogens is 175 g/mol. The minimum Gasteiger partial charge on any atom is -0.482 e. The molecule has 0 saturated heterocycles. The van der Waals surface area contributed by atoms with Crippen LogP contribution in [-0.4, -0.2) is 18.4 Å². The minimum atomic E-state index is -0.785. The molecule has 0 aliphatic heterocycles. The second-order valence-corrected chi connectivity index (χ2v) is 3.04. The van der Waals surface area contributed by atoms with Crippen LogP contribution < -0.4 is 0 Å². The Bertz CT molecular complexity index is 317. The Morgan fingerprint density at radius 1 is 1.43 bits per heavy atom. The van der Waals surface area contributed by atoms with E-state index in [1.54, 1.807) is 13.4 Å². The summed E-state index contributed by atoms with van der Waals surface area (Å²) in [6, 6.07) is 7.90. The first-order chi connectivity index (χ1) is 6.72. The summed E-state index contributed by atoms with van der Waals surface area (Å²) in [5, 5.41) is 8.43. The number of hydrogen-bond acceptors (Lipinski definition) is 1. The molecule has 0 aliphatic rings. The molecule has 14 heavy (non-hydrogen) atoms. The van der Waals surface area contributed by atoms with Gasteiger partial charge in [0.2, 0.25) is 0 Å². The van der Waals surface area contributed by atoms with Gasteiger partial charge in [0.05, 0.1) is 0 Å². The first-order valence-electron chi connectivity index (χ1n) is 4.47. The van der Waals surface area contributed by atoms with Crippen LogP contribution in [0.1, 0.15) is 11.1 Å². The van der Waals surface area contributed by atoms with Crippen LogP contribution in [0, 0.1) is 0 Å². The number of carboxylic acids is 1. The van der Waals surface area contributed by atoms with Crippen LogP contribution in [-0.2, 0) is 11.1 Å². The van der Waals surface area contributed by atoms with Crippen LogP contribution in [0.25, 0.3) is 6.08 Å². The predicted molar refractivity (Wildman–Crippen MR) is 58.4 cm³/mol. The van der Waals surface area contributed by atoms with Crippen LogP contribution in [0.5, 0.6) is 0 Å². The second-order valence-electron chi connectivity index (χ2n) is 3.04. The summed E-state index contributed by atoms with van der Waals surface area (Å²) < 4.78 is 0.